The first kappa shape index (κ1) is 13.1. The van der Waals surface area contributed by atoms with Crippen LogP contribution in [0.3, 0.4) is 0 Å². The van der Waals surface area contributed by atoms with E-state index in [1.165, 1.54) is 5.56 Å². The number of hydrogen-bond acceptors (Lipinski definition) is 3. The number of benzene rings is 1. The van der Waals surface area contributed by atoms with Gasteiger partial charge >= 0.3 is 0 Å². The van der Waals surface area contributed by atoms with Crippen LogP contribution in [-0.2, 0) is 16.0 Å². The summed E-state index contributed by atoms with van der Waals surface area (Å²) in [5.41, 5.74) is 1.20. The van der Waals surface area contributed by atoms with E-state index in [1.807, 2.05) is 30.3 Å². The summed E-state index contributed by atoms with van der Waals surface area (Å²) in [7, 11) is 0. The minimum Gasteiger partial charge on any atom is -0.378 e. The number of amides is 1. The van der Waals surface area contributed by atoms with Gasteiger partial charge in [-0.15, -0.1) is 0 Å². The van der Waals surface area contributed by atoms with E-state index < -0.39 is 0 Å². The summed E-state index contributed by atoms with van der Waals surface area (Å²) in [6, 6.07) is 10.3. The molecule has 2 N–H and O–H groups in total. The molecule has 1 aliphatic rings. The van der Waals surface area contributed by atoms with Gasteiger partial charge in [-0.25, -0.2) is 0 Å². The monoisotopic (exact) mass is 248 g/mol. The topological polar surface area (TPSA) is 50.4 Å². The van der Waals surface area contributed by atoms with Crippen LogP contribution >= 0.6 is 0 Å². The van der Waals surface area contributed by atoms with E-state index in [4.69, 9.17) is 4.74 Å². The summed E-state index contributed by atoms with van der Waals surface area (Å²) in [5.74, 6) is 0.103. The molecule has 0 bridgehead atoms. The van der Waals surface area contributed by atoms with Gasteiger partial charge in [0, 0.05) is 25.6 Å². The molecule has 0 aromatic heterocycles. The van der Waals surface area contributed by atoms with Crippen molar-refractivity contribution in [3.8, 4) is 0 Å². The van der Waals surface area contributed by atoms with E-state index in [-0.39, 0.29) is 11.9 Å². The number of carbonyl (C=O) groups excluding carboxylic acids is 1. The zero-order chi connectivity index (χ0) is 12.6. The fourth-order valence-electron chi connectivity index (χ4n) is 1.98. The minimum absolute atomic E-state index is 0.103. The van der Waals surface area contributed by atoms with Crippen molar-refractivity contribution in [2.24, 2.45) is 0 Å². The lowest BCUT2D eigenvalue weighted by Crippen LogP contribution is -2.48. The highest BCUT2D eigenvalue weighted by atomic mass is 16.5. The fraction of sp³-hybridized carbons (Fsp3) is 0.500. The highest BCUT2D eigenvalue weighted by Gasteiger charge is 2.13. The molecule has 1 atom stereocenters. The van der Waals surface area contributed by atoms with Crippen molar-refractivity contribution >= 4 is 5.91 Å². The first-order chi connectivity index (χ1) is 8.84. The molecule has 0 aliphatic carbocycles. The SMILES string of the molecule is O=C(CCc1ccccc1)NCC1COCCN1. The van der Waals surface area contributed by atoms with Gasteiger partial charge in [-0.05, 0) is 12.0 Å². The lowest BCUT2D eigenvalue weighted by Gasteiger charge is -2.23. The maximum Gasteiger partial charge on any atom is 0.220 e. The van der Waals surface area contributed by atoms with Gasteiger partial charge in [0.2, 0.25) is 5.91 Å². The van der Waals surface area contributed by atoms with Crippen LogP contribution < -0.4 is 10.6 Å². The molecule has 4 nitrogen and oxygen atoms in total. The van der Waals surface area contributed by atoms with Gasteiger partial charge in [-0.1, -0.05) is 30.3 Å². The normalized spacial score (nSPS) is 19.4. The van der Waals surface area contributed by atoms with Crippen molar-refractivity contribution in [1.82, 2.24) is 10.6 Å². The molecule has 0 saturated carbocycles. The molecule has 1 heterocycles. The number of carbonyl (C=O) groups is 1. The van der Waals surface area contributed by atoms with Crippen LogP contribution in [0.25, 0.3) is 0 Å². The molecule has 1 amide bonds. The largest absolute Gasteiger partial charge is 0.378 e. The number of ether oxygens (including phenoxy) is 1. The number of nitrogens with one attached hydrogen (secondary N) is 2. The standard InChI is InChI=1S/C14H20N2O2/c17-14(7-6-12-4-2-1-3-5-12)16-10-13-11-18-9-8-15-13/h1-5,13,15H,6-11H2,(H,16,17). The second-order valence-corrected chi connectivity index (χ2v) is 4.52. The van der Waals surface area contributed by atoms with Crippen LogP contribution in [0.1, 0.15) is 12.0 Å². The molecule has 1 aromatic rings. The second-order valence-electron chi connectivity index (χ2n) is 4.52. The molecular weight excluding hydrogens is 228 g/mol. The summed E-state index contributed by atoms with van der Waals surface area (Å²) in [6.07, 6.45) is 1.33. The Morgan fingerprint density at radius 1 is 1.39 bits per heavy atom. The van der Waals surface area contributed by atoms with Gasteiger partial charge in [-0.2, -0.15) is 0 Å². The Kier molecular flexibility index (Phi) is 5.17. The van der Waals surface area contributed by atoms with Crippen LogP contribution in [0, 0.1) is 0 Å². The smallest absolute Gasteiger partial charge is 0.220 e. The predicted octanol–water partition coefficient (Wildman–Crippen LogP) is 0.724. The Hall–Kier alpha value is -1.39. The molecule has 4 heteroatoms. The third kappa shape index (κ3) is 4.47. The van der Waals surface area contributed by atoms with E-state index in [0.717, 1.165) is 19.6 Å². The third-order valence-electron chi connectivity index (χ3n) is 3.03. The van der Waals surface area contributed by atoms with Gasteiger partial charge in [0.05, 0.1) is 13.2 Å². The van der Waals surface area contributed by atoms with E-state index >= 15 is 0 Å². The molecule has 1 saturated heterocycles. The van der Waals surface area contributed by atoms with E-state index in [9.17, 15) is 4.79 Å². The Morgan fingerprint density at radius 2 is 2.22 bits per heavy atom. The summed E-state index contributed by atoms with van der Waals surface area (Å²) in [6.45, 7) is 2.95. The van der Waals surface area contributed by atoms with E-state index in [2.05, 4.69) is 10.6 Å². The van der Waals surface area contributed by atoms with Crippen molar-refractivity contribution in [2.45, 2.75) is 18.9 Å². The highest BCUT2D eigenvalue weighted by Crippen LogP contribution is 2.02. The molecule has 1 unspecified atom stereocenters. The van der Waals surface area contributed by atoms with Crippen LogP contribution in [0.2, 0.25) is 0 Å². The molecule has 0 radical (unpaired) electrons. The van der Waals surface area contributed by atoms with Gasteiger partial charge in [0.15, 0.2) is 0 Å². The Labute approximate surface area is 108 Å². The van der Waals surface area contributed by atoms with Gasteiger partial charge in [-0.3, -0.25) is 4.79 Å². The van der Waals surface area contributed by atoms with Crippen LogP contribution in [0.4, 0.5) is 0 Å². The van der Waals surface area contributed by atoms with Crippen LogP contribution in [-0.4, -0.2) is 38.3 Å². The van der Waals surface area contributed by atoms with Crippen molar-refractivity contribution < 1.29 is 9.53 Å². The molecular formula is C14H20N2O2. The number of hydrogen-bond donors (Lipinski definition) is 2. The molecule has 1 fully saturated rings. The Balaban J connectivity index is 1.63. The predicted molar refractivity (Wildman–Crippen MR) is 70.4 cm³/mol. The average molecular weight is 248 g/mol. The first-order valence-electron chi connectivity index (χ1n) is 6.46. The lowest BCUT2D eigenvalue weighted by molar-refractivity contribution is -0.121. The summed E-state index contributed by atoms with van der Waals surface area (Å²) in [5, 5.41) is 6.25. The number of rotatable bonds is 5. The summed E-state index contributed by atoms with van der Waals surface area (Å²) < 4.78 is 5.33. The maximum absolute atomic E-state index is 11.7. The fourth-order valence-corrected chi connectivity index (χ4v) is 1.98. The van der Waals surface area contributed by atoms with Crippen molar-refractivity contribution in [3.63, 3.8) is 0 Å². The average Bonchev–Trinajstić information content (AvgIpc) is 2.45. The van der Waals surface area contributed by atoms with Gasteiger partial charge in [0.1, 0.15) is 0 Å². The van der Waals surface area contributed by atoms with Crippen molar-refractivity contribution in [3.05, 3.63) is 35.9 Å². The summed E-state index contributed by atoms with van der Waals surface area (Å²) >= 11 is 0. The third-order valence-corrected chi connectivity index (χ3v) is 3.03. The number of morpholine rings is 1. The van der Waals surface area contributed by atoms with E-state index in [1.54, 1.807) is 0 Å². The first-order valence-corrected chi connectivity index (χ1v) is 6.46. The Bertz CT molecular complexity index is 361. The van der Waals surface area contributed by atoms with Crippen LogP contribution in [0.15, 0.2) is 30.3 Å². The molecule has 2 rings (SSSR count). The zero-order valence-corrected chi connectivity index (χ0v) is 10.5. The zero-order valence-electron chi connectivity index (χ0n) is 10.5. The quantitative estimate of drug-likeness (QED) is 0.807. The molecule has 1 aliphatic heterocycles. The Morgan fingerprint density at radius 3 is 2.94 bits per heavy atom. The molecule has 0 spiro atoms. The molecule has 98 valence electrons. The van der Waals surface area contributed by atoms with Crippen molar-refractivity contribution in [2.75, 3.05) is 26.3 Å². The lowest BCUT2D eigenvalue weighted by atomic mass is 10.1. The van der Waals surface area contributed by atoms with Gasteiger partial charge in [0.25, 0.3) is 0 Å². The number of aryl methyl sites for hydroxylation is 1. The molecule has 1 aromatic carbocycles. The van der Waals surface area contributed by atoms with Crippen molar-refractivity contribution in [1.29, 1.82) is 0 Å². The molecule has 18 heavy (non-hydrogen) atoms. The van der Waals surface area contributed by atoms with E-state index in [0.29, 0.717) is 19.6 Å². The van der Waals surface area contributed by atoms with Crippen LogP contribution in [0.5, 0.6) is 0 Å². The second kappa shape index (κ2) is 7.13. The maximum atomic E-state index is 11.7. The summed E-state index contributed by atoms with van der Waals surface area (Å²) in [4.78, 5) is 11.7. The van der Waals surface area contributed by atoms with Gasteiger partial charge < -0.3 is 15.4 Å². The highest BCUT2D eigenvalue weighted by molar-refractivity contribution is 5.76. The minimum atomic E-state index is 0.103.